The Kier molecular flexibility index (Phi) is 7.42. The lowest BCUT2D eigenvalue weighted by atomic mass is 9.83. The van der Waals surface area contributed by atoms with Crippen LogP contribution in [0.25, 0.3) is 0 Å². The smallest absolute Gasteiger partial charge is 0.0591 e. The maximum Gasteiger partial charge on any atom is 0.0591 e. The third-order valence-electron chi connectivity index (χ3n) is 3.46. The van der Waals surface area contributed by atoms with Crippen LogP contribution in [0.1, 0.15) is 51.9 Å². The first-order valence-electron chi connectivity index (χ1n) is 6.72. The van der Waals surface area contributed by atoms with Crippen molar-refractivity contribution in [3.8, 4) is 0 Å². The monoisotopic (exact) mass is 247 g/mol. The van der Waals surface area contributed by atoms with Crippen molar-refractivity contribution >= 4 is 11.6 Å². The summed E-state index contributed by atoms with van der Waals surface area (Å²) >= 11 is 6.10. The number of hydrogen-bond donors (Lipinski definition) is 1. The van der Waals surface area contributed by atoms with Crippen molar-refractivity contribution in [3.63, 3.8) is 0 Å². The van der Waals surface area contributed by atoms with E-state index in [2.05, 4.69) is 12.2 Å². The molecule has 1 fully saturated rings. The van der Waals surface area contributed by atoms with Crippen molar-refractivity contribution in [1.29, 1.82) is 0 Å². The highest BCUT2D eigenvalue weighted by molar-refractivity contribution is 6.18. The highest BCUT2D eigenvalue weighted by atomic mass is 35.5. The van der Waals surface area contributed by atoms with Crippen molar-refractivity contribution in [2.24, 2.45) is 0 Å². The van der Waals surface area contributed by atoms with Gasteiger partial charge in [-0.15, -0.1) is 11.6 Å². The van der Waals surface area contributed by atoms with E-state index in [9.17, 15) is 0 Å². The first kappa shape index (κ1) is 14.3. The zero-order chi connectivity index (χ0) is 11.7. The molecule has 2 nitrogen and oxygen atoms in total. The number of halogens is 1. The van der Waals surface area contributed by atoms with Crippen molar-refractivity contribution < 1.29 is 4.74 Å². The first-order chi connectivity index (χ1) is 7.83. The molecule has 1 saturated carbocycles. The van der Waals surface area contributed by atoms with E-state index in [4.69, 9.17) is 16.3 Å². The van der Waals surface area contributed by atoms with E-state index < -0.39 is 0 Å². The maximum atomic E-state index is 6.10. The fourth-order valence-electron chi connectivity index (χ4n) is 2.32. The second-order valence-electron chi connectivity index (χ2n) is 4.87. The molecule has 0 atom stereocenters. The summed E-state index contributed by atoms with van der Waals surface area (Å²) in [5.41, 5.74) is 0.202. The van der Waals surface area contributed by atoms with Gasteiger partial charge in [-0.05, 0) is 19.3 Å². The SMILES string of the molecule is CCCCOCCNC1(CCl)CCCCC1. The number of nitrogens with one attached hydrogen (secondary N) is 1. The van der Waals surface area contributed by atoms with Crippen molar-refractivity contribution in [2.45, 2.75) is 57.4 Å². The van der Waals surface area contributed by atoms with E-state index in [1.165, 1.54) is 44.9 Å². The summed E-state index contributed by atoms with van der Waals surface area (Å²) in [4.78, 5) is 0. The van der Waals surface area contributed by atoms with E-state index in [-0.39, 0.29) is 5.54 Å². The predicted molar refractivity (Wildman–Crippen MR) is 70.3 cm³/mol. The number of ether oxygens (including phenoxy) is 1. The Morgan fingerprint density at radius 3 is 2.56 bits per heavy atom. The van der Waals surface area contributed by atoms with Gasteiger partial charge >= 0.3 is 0 Å². The summed E-state index contributed by atoms with van der Waals surface area (Å²) in [5, 5.41) is 3.60. The average molecular weight is 248 g/mol. The zero-order valence-corrected chi connectivity index (χ0v) is 11.3. The van der Waals surface area contributed by atoms with Gasteiger partial charge in [0.05, 0.1) is 6.61 Å². The molecule has 0 spiro atoms. The molecule has 0 amide bonds. The lowest BCUT2D eigenvalue weighted by Crippen LogP contribution is -2.49. The average Bonchev–Trinajstić information content (AvgIpc) is 2.35. The summed E-state index contributed by atoms with van der Waals surface area (Å²) in [7, 11) is 0. The van der Waals surface area contributed by atoms with Gasteiger partial charge in [0.25, 0.3) is 0 Å². The molecular formula is C13H26ClNO. The van der Waals surface area contributed by atoms with E-state index >= 15 is 0 Å². The highest BCUT2D eigenvalue weighted by Gasteiger charge is 2.29. The Labute approximate surface area is 105 Å². The van der Waals surface area contributed by atoms with Gasteiger partial charge in [0.2, 0.25) is 0 Å². The Morgan fingerprint density at radius 1 is 1.19 bits per heavy atom. The van der Waals surface area contributed by atoms with Crippen LogP contribution in [0.15, 0.2) is 0 Å². The van der Waals surface area contributed by atoms with Crippen molar-refractivity contribution in [3.05, 3.63) is 0 Å². The standard InChI is InChI=1S/C13H26ClNO/c1-2-3-10-16-11-9-15-13(12-14)7-5-4-6-8-13/h15H,2-12H2,1H3. The first-order valence-corrected chi connectivity index (χ1v) is 7.25. The molecule has 16 heavy (non-hydrogen) atoms. The van der Waals surface area contributed by atoms with Gasteiger partial charge in [0, 0.05) is 24.6 Å². The van der Waals surface area contributed by atoms with Crippen LogP contribution >= 0.6 is 11.6 Å². The summed E-state index contributed by atoms with van der Waals surface area (Å²) in [5.74, 6) is 0.738. The maximum absolute atomic E-state index is 6.10. The Bertz CT molecular complexity index is 169. The second-order valence-corrected chi connectivity index (χ2v) is 5.13. The molecule has 0 bridgehead atoms. The van der Waals surface area contributed by atoms with Crippen LogP contribution in [0.4, 0.5) is 0 Å². The van der Waals surface area contributed by atoms with Gasteiger partial charge in [-0.25, -0.2) is 0 Å². The lowest BCUT2D eigenvalue weighted by Gasteiger charge is -2.36. The molecule has 3 heteroatoms. The minimum Gasteiger partial charge on any atom is -0.380 e. The summed E-state index contributed by atoms with van der Waals surface area (Å²) in [6.07, 6.45) is 8.83. The Balaban J connectivity index is 2.08. The molecule has 0 aromatic carbocycles. The second kappa shape index (κ2) is 8.32. The fourth-order valence-corrected chi connectivity index (χ4v) is 2.68. The summed E-state index contributed by atoms with van der Waals surface area (Å²) < 4.78 is 5.55. The van der Waals surface area contributed by atoms with Crippen LogP contribution in [0, 0.1) is 0 Å². The quantitative estimate of drug-likeness (QED) is 0.525. The molecular weight excluding hydrogens is 222 g/mol. The van der Waals surface area contributed by atoms with Crippen LogP contribution in [0.5, 0.6) is 0 Å². The third kappa shape index (κ3) is 5.03. The minimum atomic E-state index is 0.202. The molecule has 0 aliphatic heterocycles. The van der Waals surface area contributed by atoms with Crippen LogP contribution < -0.4 is 5.32 Å². The number of rotatable bonds is 8. The van der Waals surface area contributed by atoms with Crippen molar-refractivity contribution in [1.82, 2.24) is 5.32 Å². The predicted octanol–water partition coefficient (Wildman–Crippen LogP) is 3.33. The molecule has 1 aliphatic carbocycles. The zero-order valence-electron chi connectivity index (χ0n) is 10.6. The van der Waals surface area contributed by atoms with E-state index in [0.29, 0.717) is 0 Å². The topological polar surface area (TPSA) is 21.3 Å². The Hall–Kier alpha value is 0.210. The normalized spacial score (nSPS) is 19.9. The van der Waals surface area contributed by atoms with Crippen molar-refractivity contribution in [2.75, 3.05) is 25.6 Å². The minimum absolute atomic E-state index is 0.202. The van der Waals surface area contributed by atoms with Gasteiger partial charge in [0.1, 0.15) is 0 Å². The van der Waals surface area contributed by atoms with Crippen LogP contribution in [0.2, 0.25) is 0 Å². The van der Waals surface area contributed by atoms with Gasteiger partial charge in [-0.2, -0.15) is 0 Å². The van der Waals surface area contributed by atoms with Crippen LogP contribution in [-0.4, -0.2) is 31.2 Å². The molecule has 1 rings (SSSR count). The number of hydrogen-bond acceptors (Lipinski definition) is 2. The summed E-state index contributed by atoms with van der Waals surface area (Å²) in [6, 6.07) is 0. The highest BCUT2D eigenvalue weighted by Crippen LogP contribution is 2.28. The number of unbranched alkanes of at least 4 members (excludes halogenated alkanes) is 1. The third-order valence-corrected chi connectivity index (χ3v) is 3.97. The molecule has 0 aromatic heterocycles. The van der Waals surface area contributed by atoms with Gasteiger partial charge in [-0.1, -0.05) is 32.6 Å². The molecule has 0 heterocycles. The van der Waals surface area contributed by atoms with E-state index in [1.807, 2.05) is 0 Å². The van der Waals surface area contributed by atoms with E-state index in [1.54, 1.807) is 0 Å². The fraction of sp³-hybridized carbons (Fsp3) is 1.00. The van der Waals surface area contributed by atoms with E-state index in [0.717, 1.165) is 25.6 Å². The molecule has 0 aromatic rings. The van der Waals surface area contributed by atoms with Crippen LogP contribution in [-0.2, 0) is 4.74 Å². The molecule has 0 unspecified atom stereocenters. The lowest BCUT2D eigenvalue weighted by molar-refractivity contribution is 0.122. The van der Waals surface area contributed by atoms with Gasteiger partial charge in [0.15, 0.2) is 0 Å². The summed E-state index contributed by atoms with van der Waals surface area (Å²) in [6.45, 7) is 4.84. The Morgan fingerprint density at radius 2 is 1.94 bits per heavy atom. The molecule has 1 aliphatic rings. The number of alkyl halides is 1. The van der Waals surface area contributed by atoms with Gasteiger partial charge in [-0.3, -0.25) is 0 Å². The molecule has 0 radical (unpaired) electrons. The van der Waals surface area contributed by atoms with Gasteiger partial charge < -0.3 is 10.1 Å². The molecule has 1 N–H and O–H groups in total. The largest absolute Gasteiger partial charge is 0.380 e. The van der Waals surface area contributed by atoms with Crippen LogP contribution in [0.3, 0.4) is 0 Å². The molecule has 0 saturated heterocycles. The molecule has 96 valence electrons.